The lowest BCUT2D eigenvalue weighted by Gasteiger charge is -2.36. The lowest BCUT2D eigenvalue weighted by molar-refractivity contribution is -0.123. The van der Waals surface area contributed by atoms with Gasteiger partial charge in [0.15, 0.2) is 0 Å². The summed E-state index contributed by atoms with van der Waals surface area (Å²) in [4.78, 5) is 35.4. The number of hydrogen-bond acceptors (Lipinski definition) is 4. The zero-order chi connectivity index (χ0) is 29.3. The number of carbonyl (C=O) groups excluding carboxylic acids is 2. The standard InChI is InChI=1S/C32H34Br2N4O3.CH4/c1-5-41-26-18-22(32(2,3)4)10-15-25(26)30-36-28(20-6-11-23(33)12-7-20)29(21-8-13-24(34)14-9-21)38(30)31(40)37-17-16-35-27(39)19-37;/h6-15,18,28-29H,5,16-17,19H2,1-4H3,(H,35,39);1H4/t28-,29+;/m0./s1. The van der Waals surface area contributed by atoms with Crippen molar-refractivity contribution in [3.8, 4) is 5.75 Å². The van der Waals surface area contributed by atoms with E-state index >= 15 is 0 Å². The second-order valence-electron chi connectivity index (χ2n) is 11.3. The Morgan fingerprint density at radius 3 is 2.19 bits per heavy atom. The van der Waals surface area contributed by atoms with Gasteiger partial charge in [-0.05, 0) is 65.4 Å². The number of halogens is 2. The number of benzene rings is 3. The van der Waals surface area contributed by atoms with Crippen molar-refractivity contribution in [1.82, 2.24) is 15.1 Å². The summed E-state index contributed by atoms with van der Waals surface area (Å²) in [6, 6.07) is 21.1. The summed E-state index contributed by atoms with van der Waals surface area (Å²) in [5.74, 6) is 1.04. The monoisotopic (exact) mass is 696 g/mol. The third kappa shape index (κ3) is 6.57. The van der Waals surface area contributed by atoms with E-state index in [2.05, 4.69) is 70.1 Å². The number of piperazine rings is 1. The quantitative estimate of drug-likeness (QED) is 0.298. The fourth-order valence-electron chi connectivity index (χ4n) is 5.26. The topological polar surface area (TPSA) is 74.2 Å². The van der Waals surface area contributed by atoms with Crippen LogP contribution in [0, 0.1) is 0 Å². The lowest BCUT2D eigenvalue weighted by atomic mass is 9.86. The SMILES string of the molecule is C.CCOc1cc(C(C)(C)C)ccc1C1=N[C@@H](c2ccc(Br)cc2)[C@@H](c2ccc(Br)cc2)N1C(=O)N1CCNC(=O)C1. The molecule has 2 aliphatic heterocycles. The van der Waals surface area contributed by atoms with E-state index in [0.717, 1.165) is 31.2 Å². The van der Waals surface area contributed by atoms with Gasteiger partial charge in [0.2, 0.25) is 5.91 Å². The van der Waals surface area contributed by atoms with Crippen molar-refractivity contribution in [1.29, 1.82) is 0 Å². The van der Waals surface area contributed by atoms with Crippen molar-refractivity contribution < 1.29 is 14.3 Å². The van der Waals surface area contributed by atoms with Gasteiger partial charge in [-0.1, -0.05) is 90.4 Å². The Kier molecular flexibility index (Phi) is 9.83. The van der Waals surface area contributed by atoms with Gasteiger partial charge in [-0.2, -0.15) is 0 Å². The first kappa shape index (κ1) is 31.8. The number of carbonyl (C=O) groups is 2. The molecule has 2 aliphatic rings. The summed E-state index contributed by atoms with van der Waals surface area (Å²) in [5.41, 5.74) is 3.71. The Morgan fingerprint density at radius 2 is 1.62 bits per heavy atom. The van der Waals surface area contributed by atoms with Crippen molar-refractivity contribution in [2.24, 2.45) is 4.99 Å². The summed E-state index contributed by atoms with van der Waals surface area (Å²) in [5, 5.41) is 2.82. The number of ether oxygens (including phenoxy) is 1. The summed E-state index contributed by atoms with van der Waals surface area (Å²) < 4.78 is 8.09. The molecular formula is C33H38Br2N4O3. The highest BCUT2D eigenvalue weighted by Gasteiger charge is 2.45. The van der Waals surface area contributed by atoms with Crippen molar-refractivity contribution in [2.45, 2.75) is 52.6 Å². The highest BCUT2D eigenvalue weighted by atomic mass is 79.9. The molecule has 1 fully saturated rings. The Hall–Kier alpha value is -3.17. The summed E-state index contributed by atoms with van der Waals surface area (Å²) in [6.07, 6.45) is 0. The normalized spacial score (nSPS) is 18.7. The maximum absolute atomic E-state index is 14.4. The van der Waals surface area contributed by atoms with Crippen LogP contribution in [0.5, 0.6) is 5.75 Å². The number of urea groups is 1. The molecule has 3 amide bonds. The molecule has 7 nitrogen and oxygen atoms in total. The van der Waals surface area contributed by atoms with E-state index in [0.29, 0.717) is 31.3 Å². The van der Waals surface area contributed by atoms with Crippen molar-refractivity contribution in [3.63, 3.8) is 0 Å². The highest BCUT2D eigenvalue weighted by Crippen LogP contribution is 2.46. The fraction of sp³-hybridized carbons (Fsp3) is 0.364. The summed E-state index contributed by atoms with van der Waals surface area (Å²) in [7, 11) is 0. The van der Waals surface area contributed by atoms with E-state index in [9.17, 15) is 9.59 Å². The predicted molar refractivity (Wildman–Crippen MR) is 175 cm³/mol. The van der Waals surface area contributed by atoms with Gasteiger partial charge < -0.3 is 15.0 Å². The van der Waals surface area contributed by atoms with Gasteiger partial charge in [0, 0.05) is 22.0 Å². The van der Waals surface area contributed by atoms with Crippen LogP contribution in [0.3, 0.4) is 0 Å². The van der Waals surface area contributed by atoms with Gasteiger partial charge in [-0.25, -0.2) is 4.79 Å². The van der Waals surface area contributed by atoms with Crippen LogP contribution in [0.4, 0.5) is 4.79 Å². The van der Waals surface area contributed by atoms with Crippen molar-refractivity contribution in [3.05, 3.63) is 97.9 Å². The zero-order valence-corrected chi connectivity index (χ0v) is 26.8. The molecule has 2 heterocycles. The van der Waals surface area contributed by atoms with Gasteiger partial charge in [0.05, 0.1) is 18.2 Å². The number of aliphatic imine (C=N–C) groups is 1. The molecule has 1 N–H and O–H groups in total. The Morgan fingerprint density at radius 1 is 1.00 bits per heavy atom. The van der Waals surface area contributed by atoms with Gasteiger partial charge in [0.1, 0.15) is 24.2 Å². The molecule has 3 aromatic rings. The average Bonchev–Trinajstić information content (AvgIpc) is 3.33. The number of rotatable bonds is 5. The third-order valence-corrected chi connectivity index (χ3v) is 8.45. The van der Waals surface area contributed by atoms with E-state index in [-0.39, 0.29) is 37.4 Å². The van der Waals surface area contributed by atoms with E-state index in [1.165, 1.54) is 0 Å². The Balaban J connectivity index is 0.00000405. The van der Waals surface area contributed by atoms with Crippen LogP contribution in [0.2, 0.25) is 0 Å². The van der Waals surface area contributed by atoms with Crippen LogP contribution in [-0.2, 0) is 10.2 Å². The summed E-state index contributed by atoms with van der Waals surface area (Å²) in [6.45, 7) is 9.74. The minimum absolute atomic E-state index is 0. The van der Waals surface area contributed by atoms with E-state index in [1.807, 2.05) is 61.5 Å². The molecule has 0 aromatic heterocycles. The van der Waals surface area contributed by atoms with Gasteiger partial charge in [-0.15, -0.1) is 0 Å². The first-order valence-corrected chi connectivity index (χ1v) is 15.4. The highest BCUT2D eigenvalue weighted by molar-refractivity contribution is 9.10. The van der Waals surface area contributed by atoms with Crippen LogP contribution >= 0.6 is 31.9 Å². The second kappa shape index (κ2) is 13.0. The predicted octanol–water partition coefficient (Wildman–Crippen LogP) is 7.64. The van der Waals surface area contributed by atoms with Crippen LogP contribution in [-0.4, -0.2) is 53.8 Å². The van der Waals surface area contributed by atoms with E-state index < -0.39 is 6.04 Å². The first-order chi connectivity index (χ1) is 19.6. The fourth-order valence-corrected chi connectivity index (χ4v) is 5.79. The van der Waals surface area contributed by atoms with Crippen LogP contribution in [0.1, 0.15) is 69.5 Å². The number of nitrogens with zero attached hydrogens (tertiary/aromatic N) is 3. The molecule has 1 saturated heterocycles. The van der Waals surface area contributed by atoms with Gasteiger partial charge >= 0.3 is 6.03 Å². The first-order valence-electron chi connectivity index (χ1n) is 13.8. The third-order valence-electron chi connectivity index (χ3n) is 7.39. The lowest BCUT2D eigenvalue weighted by Crippen LogP contribution is -2.55. The molecule has 222 valence electrons. The van der Waals surface area contributed by atoms with Crippen LogP contribution in [0.15, 0.2) is 80.7 Å². The molecule has 5 rings (SSSR count). The number of hydrogen-bond donors (Lipinski definition) is 1. The molecule has 2 atom stereocenters. The molecule has 9 heteroatoms. The molecular weight excluding hydrogens is 660 g/mol. The van der Waals surface area contributed by atoms with E-state index in [1.54, 1.807) is 9.80 Å². The molecule has 0 bridgehead atoms. The van der Waals surface area contributed by atoms with Gasteiger partial charge in [-0.3, -0.25) is 14.7 Å². The molecule has 0 aliphatic carbocycles. The van der Waals surface area contributed by atoms with Crippen molar-refractivity contribution in [2.75, 3.05) is 26.2 Å². The minimum atomic E-state index is -0.437. The van der Waals surface area contributed by atoms with Gasteiger partial charge in [0.25, 0.3) is 0 Å². The molecule has 0 radical (unpaired) electrons. The van der Waals surface area contributed by atoms with Crippen LogP contribution < -0.4 is 10.1 Å². The van der Waals surface area contributed by atoms with E-state index in [4.69, 9.17) is 9.73 Å². The average molecular weight is 698 g/mol. The smallest absolute Gasteiger partial charge is 0.326 e. The Bertz CT molecular complexity index is 1470. The number of amidine groups is 1. The van der Waals surface area contributed by atoms with Crippen LogP contribution in [0.25, 0.3) is 0 Å². The summed E-state index contributed by atoms with van der Waals surface area (Å²) >= 11 is 7.10. The van der Waals surface area contributed by atoms with Crippen molar-refractivity contribution >= 4 is 49.6 Å². The maximum atomic E-state index is 14.4. The molecule has 42 heavy (non-hydrogen) atoms. The second-order valence-corrected chi connectivity index (χ2v) is 13.1. The number of amides is 3. The number of nitrogens with one attached hydrogen (secondary N) is 1. The molecule has 0 spiro atoms. The maximum Gasteiger partial charge on any atom is 0.326 e. The molecule has 0 unspecified atom stereocenters. The zero-order valence-electron chi connectivity index (χ0n) is 23.7. The minimum Gasteiger partial charge on any atom is -0.493 e. The Labute approximate surface area is 265 Å². The largest absolute Gasteiger partial charge is 0.493 e. The molecule has 3 aromatic carbocycles. The molecule has 0 saturated carbocycles.